The van der Waals surface area contributed by atoms with E-state index >= 15 is 0 Å². The van der Waals surface area contributed by atoms with Crippen molar-refractivity contribution in [2.45, 2.75) is 71.9 Å². The van der Waals surface area contributed by atoms with Crippen molar-refractivity contribution in [2.75, 3.05) is 6.61 Å². The van der Waals surface area contributed by atoms with E-state index < -0.39 is 16.6 Å². The quantitative estimate of drug-likeness (QED) is 0.483. The molecule has 0 saturated carbocycles. The smallest absolute Gasteiger partial charge is 0.272 e. The average Bonchev–Trinajstić information content (AvgIpc) is 2.50. The molecule has 1 aliphatic carbocycles. The first-order valence-corrected chi connectivity index (χ1v) is 14.9. The molecular formula is C16H32O3Si2. The monoisotopic (exact) mass is 328 g/mol. The molecule has 0 aromatic heterocycles. The predicted molar refractivity (Wildman–Crippen MR) is 94.1 cm³/mol. The van der Waals surface area contributed by atoms with Crippen LogP contribution >= 0.6 is 0 Å². The first kappa shape index (κ1) is 18.4. The summed E-state index contributed by atoms with van der Waals surface area (Å²) in [7, 11) is -3.34. The fourth-order valence-corrected chi connectivity index (χ4v) is 3.75. The molecule has 0 saturated heterocycles. The van der Waals surface area contributed by atoms with Crippen LogP contribution in [0.4, 0.5) is 0 Å². The lowest BCUT2D eigenvalue weighted by Gasteiger charge is -2.27. The number of hydrogen-bond acceptors (Lipinski definition) is 3. The summed E-state index contributed by atoms with van der Waals surface area (Å²) in [5.74, 6) is 1.72. The minimum absolute atomic E-state index is 0.629. The Kier molecular flexibility index (Phi) is 6.59. The molecule has 0 amide bonds. The molecule has 1 aliphatic rings. The maximum absolute atomic E-state index is 6.31. The molecule has 0 aromatic carbocycles. The molecule has 0 aliphatic heterocycles. The average molecular weight is 329 g/mol. The lowest BCUT2D eigenvalue weighted by atomic mass is 10.1. The van der Waals surface area contributed by atoms with Gasteiger partial charge in [0.25, 0.3) is 5.95 Å². The van der Waals surface area contributed by atoms with Crippen molar-refractivity contribution in [3.05, 3.63) is 23.4 Å². The van der Waals surface area contributed by atoms with Gasteiger partial charge in [-0.25, -0.2) is 0 Å². The van der Waals surface area contributed by atoms with E-state index in [-0.39, 0.29) is 0 Å². The van der Waals surface area contributed by atoms with E-state index in [1.807, 2.05) is 6.92 Å². The molecule has 0 fully saturated rings. The van der Waals surface area contributed by atoms with Crippen molar-refractivity contribution in [3.8, 4) is 0 Å². The molecule has 5 heteroatoms. The summed E-state index contributed by atoms with van der Waals surface area (Å²) in [6, 6.07) is 0. The molecule has 0 aromatic rings. The van der Waals surface area contributed by atoms with E-state index in [9.17, 15) is 0 Å². The Bertz CT molecular complexity index is 401. The largest absolute Gasteiger partial charge is 0.544 e. The van der Waals surface area contributed by atoms with Crippen molar-refractivity contribution < 1.29 is 13.6 Å². The van der Waals surface area contributed by atoms with Gasteiger partial charge in [0.05, 0.1) is 12.2 Å². The number of rotatable bonds is 6. The van der Waals surface area contributed by atoms with E-state index in [0.29, 0.717) is 12.6 Å². The molecule has 122 valence electrons. The summed E-state index contributed by atoms with van der Waals surface area (Å²) in [6.07, 6.45) is 6.66. The van der Waals surface area contributed by atoms with Gasteiger partial charge in [-0.3, -0.25) is 0 Å². The van der Waals surface area contributed by atoms with Gasteiger partial charge in [-0.15, -0.1) is 0 Å². The molecule has 0 atom stereocenters. The van der Waals surface area contributed by atoms with Crippen LogP contribution in [0.1, 0.15) is 32.6 Å². The number of allylic oxidation sites excluding steroid dienone is 2. The molecule has 0 bridgehead atoms. The third-order valence-corrected chi connectivity index (χ3v) is 4.47. The fraction of sp³-hybridized carbons (Fsp3) is 0.750. The summed E-state index contributed by atoms with van der Waals surface area (Å²) < 4.78 is 18.4. The highest BCUT2D eigenvalue weighted by atomic mass is 28.4. The minimum Gasteiger partial charge on any atom is -0.544 e. The fourth-order valence-electron chi connectivity index (χ4n) is 2.15. The van der Waals surface area contributed by atoms with Crippen molar-refractivity contribution in [1.29, 1.82) is 0 Å². The highest BCUT2D eigenvalue weighted by Crippen LogP contribution is 2.31. The Balaban J connectivity index is 3.15. The van der Waals surface area contributed by atoms with Crippen LogP contribution in [0.25, 0.3) is 0 Å². The van der Waals surface area contributed by atoms with Crippen LogP contribution in [0, 0.1) is 0 Å². The second-order valence-electron chi connectivity index (χ2n) is 7.44. The Morgan fingerprint density at radius 3 is 2.24 bits per heavy atom. The number of ether oxygens (including phenoxy) is 1. The second-order valence-corrected chi connectivity index (χ2v) is 16.3. The van der Waals surface area contributed by atoms with Gasteiger partial charge in [0, 0.05) is 0 Å². The summed E-state index contributed by atoms with van der Waals surface area (Å²) in [5.41, 5.74) is 1.14. The summed E-state index contributed by atoms with van der Waals surface area (Å²) >= 11 is 0. The standard InChI is InChI=1S/C16H32O3Si2/c1-8-17-16(19-21(5,6)7)14-12-10-9-11-13-15(14)18-20(2,3)4/h13H,8-12H2,1-7H3/b16-14-. The molecule has 0 unspecified atom stereocenters. The molecule has 0 radical (unpaired) electrons. The van der Waals surface area contributed by atoms with E-state index in [1.54, 1.807) is 0 Å². The Morgan fingerprint density at radius 2 is 1.71 bits per heavy atom. The third kappa shape index (κ3) is 7.22. The lowest BCUT2D eigenvalue weighted by Crippen LogP contribution is -2.28. The molecule has 21 heavy (non-hydrogen) atoms. The van der Waals surface area contributed by atoms with Gasteiger partial charge in [-0.1, -0.05) is 0 Å². The van der Waals surface area contributed by atoms with Crippen LogP contribution in [-0.4, -0.2) is 23.2 Å². The third-order valence-electron chi connectivity index (χ3n) is 2.84. The van der Waals surface area contributed by atoms with Crippen LogP contribution in [0.3, 0.4) is 0 Å². The zero-order valence-electron chi connectivity index (χ0n) is 14.8. The zero-order valence-corrected chi connectivity index (χ0v) is 16.8. The first-order chi connectivity index (χ1) is 9.62. The van der Waals surface area contributed by atoms with Crippen LogP contribution in [0.15, 0.2) is 23.4 Å². The highest BCUT2D eigenvalue weighted by Gasteiger charge is 2.27. The zero-order chi connectivity index (χ0) is 16.1. The van der Waals surface area contributed by atoms with Crippen LogP contribution in [-0.2, 0) is 13.6 Å². The van der Waals surface area contributed by atoms with Gasteiger partial charge in [-0.2, -0.15) is 0 Å². The van der Waals surface area contributed by atoms with Gasteiger partial charge in [0.15, 0.2) is 0 Å². The summed E-state index contributed by atoms with van der Waals surface area (Å²) in [4.78, 5) is 0. The highest BCUT2D eigenvalue weighted by molar-refractivity contribution is 6.70. The first-order valence-electron chi connectivity index (χ1n) is 8.07. The topological polar surface area (TPSA) is 27.7 Å². The molecule has 0 spiro atoms. The number of hydrogen-bond donors (Lipinski definition) is 0. The summed E-state index contributed by atoms with van der Waals surface area (Å²) in [5, 5.41) is 0. The van der Waals surface area contributed by atoms with Crippen LogP contribution in [0.2, 0.25) is 39.3 Å². The van der Waals surface area contributed by atoms with Gasteiger partial charge in [-0.05, 0) is 78.0 Å². The maximum atomic E-state index is 6.31. The predicted octanol–water partition coefficient (Wildman–Crippen LogP) is 5.40. The minimum atomic E-state index is -1.70. The second kappa shape index (κ2) is 7.54. The maximum Gasteiger partial charge on any atom is 0.272 e. The van der Waals surface area contributed by atoms with Crippen molar-refractivity contribution in [1.82, 2.24) is 0 Å². The van der Waals surface area contributed by atoms with Gasteiger partial charge in [0.1, 0.15) is 5.76 Å². The van der Waals surface area contributed by atoms with Gasteiger partial charge < -0.3 is 13.6 Å². The van der Waals surface area contributed by atoms with Gasteiger partial charge in [0.2, 0.25) is 16.6 Å². The lowest BCUT2D eigenvalue weighted by molar-refractivity contribution is 0.106. The molecule has 0 N–H and O–H groups in total. The van der Waals surface area contributed by atoms with E-state index in [2.05, 4.69) is 45.4 Å². The van der Waals surface area contributed by atoms with Gasteiger partial charge >= 0.3 is 0 Å². The van der Waals surface area contributed by atoms with Crippen molar-refractivity contribution in [3.63, 3.8) is 0 Å². The molecule has 1 rings (SSSR count). The summed E-state index contributed by atoms with van der Waals surface area (Å²) in [6.45, 7) is 15.9. The molecule has 0 heterocycles. The van der Waals surface area contributed by atoms with E-state index in [1.165, 1.54) is 6.42 Å². The Morgan fingerprint density at radius 1 is 1.05 bits per heavy atom. The van der Waals surface area contributed by atoms with E-state index in [0.717, 1.165) is 30.6 Å². The Hall–Kier alpha value is -0.686. The SMILES string of the molecule is CCO/C(O[Si](C)(C)C)=C1\CCCCC=C1O[Si](C)(C)C. The van der Waals surface area contributed by atoms with Crippen LogP contribution < -0.4 is 0 Å². The molecular weight excluding hydrogens is 296 g/mol. The van der Waals surface area contributed by atoms with Crippen LogP contribution in [0.5, 0.6) is 0 Å². The molecule has 3 nitrogen and oxygen atoms in total. The Labute approximate surface area is 132 Å². The van der Waals surface area contributed by atoms with Crippen molar-refractivity contribution >= 4 is 16.6 Å². The normalized spacial score (nSPS) is 19.5. The van der Waals surface area contributed by atoms with E-state index in [4.69, 9.17) is 13.6 Å². The van der Waals surface area contributed by atoms with Crippen molar-refractivity contribution in [2.24, 2.45) is 0 Å².